The molecule has 0 saturated heterocycles. The minimum atomic E-state index is -3.18. The van der Waals surface area contributed by atoms with Gasteiger partial charge in [0.05, 0.1) is 5.75 Å². The number of sulfonamides is 1. The van der Waals surface area contributed by atoms with Crippen molar-refractivity contribution in [2.24, 2.45) is 0 Å². The second-order valence-corrected chi connectivity index (χ2v) is 6.88. The second-order valence-electron chi connectivity index (χ2n) is 4.96. The molecule has 1 aliphatic carbocycles. The van der Waals surface area contributed by atoms with Crippen LogP contribution >= 0.6 is 0 Å². The third kappa shape index (κ3) is 6.36. The van der Waals surface area contributed by atoms with Crippen LogP contribution in [-0.2, 0) is 10.0 Å². The molecule has 0 spiro atoms. The van der Waals surface area contributed by atoms with Crippen LogP contribution in [0, 0.1) is 0 Å². The molecule has 0 bridgehead atoms. The van der Waals surface area contributed by atoms with E-state index < -0.39 is 10.0 Å². The van der Waals surface area contributed by atoms with Gasteiger partial charge in [-0.25, -0.2) is 13.1 Å². The fraction of sp³-hybridized carbons (Fsp3) is 0.571. The van der Waals surface area contributed by atoms with Crippen LogP contribution in [0.2, 0.25) is 0 Å². The van der Waals surface area contributed by atoms with E-state index in [1.165, 1.54) is 12.8 Å². The van der Waals surface area contributed by atoms with Crippen molar-refractivity contribution in [2.75, 3.05) is 25.4 Å². The highest BCUT2D eigenvalue weighted by Gasteiger charge is 2.20. The average Bonchev–Trinajstić information content (AvgIpc) is 3.25. The standard InChI is InChI=1S/C14H22N2O3S/c17-20(18,12-4-9-15-13-7-8-13)16-10-11-19-14-5-2-1-3-6-14/h1-3,5-6,13,15-16H,4,7-12H2. The van der Waals surface area contributed by atoms with Crippen molar-refractivity contribution in [1.29, 1.82) is 0 Å². The predicted molar refractivity (Wildman–Crippen MR) is 79.4 cm³/mol. The lowest BCUT2D eigenvalue weighted by molar-refractivity contribution is 0.323. The largest absolute Gasteiger partial charge is 0.492 e. The molecule has 1 aliphatic rings. The van der Waals surface area contributed by atoms with Gasteiger partial charge in [-0.05, 0) is 37.9 Å². The Balaban J connectivity index is 1.54. The number of hydrogen-bond donors (Lipinski definition) is 2. The SMILES string of the molecule is O=S(=O)(CCCNC1CC1)NCCOc1ccccc1. The molecule has 6 heteroatoms. The molecule has 1 saturated carbocycles. The molecule has 2 N–H and O–H groups in total. The zero-order valence-corrected chi connectivity index (χ0v) is 12.4. The van der Waals surface area contributed by atoms with Crippen LogP contribution in [0.15, 0.2) is 30.3 Å². The van der Waals surface area contributed by atoms with E-state index in [-0.39, 0.29) is 5.75 Å². The Labute approximate surface area is 120 Å². The Kier molecular flexibility index (Phi) is 5.82. The molecule has 0 atom stereocenters. The average molecular weight is 298 g/mol. The molecule has 0 aliphatic heterocycles. The fourth-order valence-corrected chi connectivity index (χ4v) is 2.87. The first-order valence-corrected chi connectivity index (χ1v) is 8.69. The Morgan fingerprint density at radius 3 is 2.60 bits per heavy atom. The third-order valence-electron chi connectivity index (χ3n) is 3.04. The number of para-hydroxylation sites is 1. The molecule has 5 nitrogen and oxygen atoms in total. The van der Waals surface area contributed by atoms with Gasteiger partial charge in [-0.2, -0.15) is 0 Å². The maximum Gasteiger partial charge on any atom is 0.211 e. The highest BCUT2D eigenvalue weighted by atomic mass is 32.2. The van der Waals surface area contributed by atoms with E-state index >= 15 is 0 Å². The van der Waals surface area contributed by atoms with Crippen LogP contribution in [0.1, 0.15) is 19.3 Å². The van der Waals surface area contributed by atoms with Crippen molar-refractivity contribution >= 4 is 10.0 Å². The minimum Gasteiger partial charge on any atom is -0.492 e. The van der Waals surface area contributed by atoms with Crippen molar-refractivity contribution < 1.29 is 13.2 Å². The third-order valence-corrected chi connectivity index (χ3v) is 4.51. The van der Waals surface area contributed by atoms with Gasteiger partial charge in [0, 0.05) is 12.6 Å². The lowest BCUT2D eigenvalue weighted by atomic mass is 10.3. The molecule has 1 fully saturated rings. The zero-order valence-electron chi connectivity index (χ0n) is 11.5. The van der Waals surface area contributed by atoms with Crippen LogP contribution in [-0.4, -0.2) is 39.9 Å². The van der Waals surface area contributed by atoms with Crippen molar-refractivity contribution in [2.45, 2.75) is 25.3 Å². The smallest absolute Gasteiger partial charge is 0.211 e. The first-order chi connectivity index (χ1) is 9.66. The summed E-state index contributed by atoms with van der Waals surface area (Å²) in [6.45, 7) is 1.41. The van der Waals surface area contributed by atoms with E-state index in [0.29, 0.717) is 25.6 Å². The van der Waals surface area contributed by atoms with Gasteiger partial charge >= 0.3 is 0 Å². The molecular weight excluding hydrogens is 276 g/mol. The molecule has 0 heterocycles. The number of benzene rings is 1. The van der Waals surface area contributed by atoms with Crippen molar-refractivity contribution in [1.82, 2.24) is 10.0 Å². The van der Waals surface area contributed by atoms with Gasteiger partial charge in [0.1, 0.15) is 12.4 Å². The van der Waals surface area contributed by atoms with Gasteiger partial charge in [-0.3, -0.25) is 0 Å². The maximum atomic E-state index is 11.7. The first-order valence-electron chi connectivity index (χ1n) is 7.04. The highest BCUT2D eigenvalue weighted by Crippen LogP contribution is 2.18. The van der Waals surface area contributed by atoms with Crippen molar-refractivity contribution in [3.63, 3.8) is 0 Å². The van der Waals surface area contributed by atoms with E-state index in [1.54, 1.807) is 0 Å². The lowest BCUT2D eigenvalue weighted by Gasteiger charge is -2.08. The monoisotopic (exact) mass is 298 g/mol. The first kappa shape index (κ1) is 15.3. The second kappa shape index (κ2) is 7.61. The molecule has 0 amide bonds. The minimum absolute atomic E-state index is 0.165. The number of hydrogen-bond acceptors (Lipinski definition) is 4. The van der Waals surface area contributed by atoms with Crippen LogP contribution < -0.4 is 14.8 Å². The summed E-state index contributed by atoms with van der Waals surface area (Å²) in [7, 11) is -3.18. The summed E-state index contributed by atoms with van der Waals surface area (Å²) < 4.78 is 31.4. The van der Waals surface area contributed by atoms with Gasteiger partial charge in [-0.15, -0.1) is 0 Å². The van der Waals surface area contributed by atoms with Crippen LogP contribution in [0.3, 0.4) is 0 Å². The lowest BCUT2D eigenvalue weighted by Crippen LogP contribution is -2.31. The van der Waals surface area contributed by atoms with Crippen molar-refractivity contribution in [3.05, 3.63) is 30.3 Å². The zero-order chi connectivity index (χ0) is 14.3. The molecule has 0 radical (unpaired) electrons. The summed E-state index contributed by atoms with van der Waals surface area (Å²) in [5.74, 6) is 0.915. The van der Waals surface area contributed by atoms with E-state index in [2.05, 4.69) is 10.0 Å². The molecule has 0 aromatic heterocycles. The number of nitrogens with one attached hydrogen (secondary N) is 2. The summed E-state index contributed by atoms with van der Waals surface area (Å²) >= 11 is 0. The molecule has 20 heavy (non-hydrogen) atoms. The molecule has 112 valence electrons. The van der Waals surface area contributed by atoms with Gasteiger partial charge in [-0.1, -0.05) is 18.2 Å². The summed E-state index contributed by atoms with van der Waals surface area (Å²) in [5.41, 5.74) is 0. The van der Waals surface area contributed by atoms with Gasteiger partial charge in [0.25, 0.3) is 0 Å². The molecule has 1 aromatic carbocycles. The summed E-state index contributed by atoms with van der Waals surface area (Å²) in [4.78, 5) is 0. The van der Waals surface area contributed by atoms with Gasteiger partial charge in [0.2, 0.25) is 10.0 Å². The Morgan fingerprint density at radius 2 is 1.90 bits per heavy atom. The van der Waals surface area contributed by atoms with Crippen LogP contribution in [0.25, 0.3) is 0 Å². The van der Waals surface area contributed by atoms with E-state index in [9.17, 15) is 8.42 Å². The Hall–Kier alpha value is -1.11. The number of rotatable bonds is 10. The summed E-state index contributed by atoms with van der Waals surface area (Å²) in [6, 6.07) is 9.99. The quantitative estimate of drug-likeness (QED) is 0.635. The number of ether oxygens (including phenoxy) is 1. The van der Waals surface area contributed by atoms with Gasteiger partial charge < -0.3 is 10.1 Å². The highest BCUT2D eigenvalue weighted by molar-refractivity contribution is 7.89. The fourth-order valence-electron chi connectivity index (χ4n) is 1.81. The van der Waals surface area contributed by atoms with E-state index in [0.717, 1.165) is 12.3 Å². The molecule has 2 rings (SSSR count). The predicted octanol–water partition coefficient (Wildman–Crippen LogP) is 1.13. The molecular formula is C14H22N2O3S. The van der Waals surface area contributed by atoms with E-state index in [4.69, 9.17) is 4.74 Å². The Bertz CT molecular complexity index is 486. The summed E-state index contributed by atoms with van der Waals surface area (Å²) in [6.07, 6.45) is 3.09. The maximum absolute atomic E-state index is 11.7. The van der Waals surface area contributed by atoms with Crippen molar-refractivity contribution in [3.8, 4) is 5.75 Å². The Morgan fingerprint density at radius 1 is 1.15 bits per heavy atom. The molecule has 1 aromatic rings. The van der Waals surface area contributed by atoms with Gasteiger partial charge in [0.15, 0.2) is 0 Å². The van der Waals surface area contributed by atoms with Crippen LogP contribution in [0.4, 0.5) is 0 Å². The summed E-state index contributed by atoms with van der Waals surface area (Å²) in [5, 5.41) is 3.30. The van der Waals surface area contributed by atoms with Crippen LogP contribution in [0.5, 0.6) is 5.75 Å². The normalized spacial score (nSPS) is 15.2. The van der Waals surface area contributed by atoms with E-state index in [1.807, 2.05) is 30.3 Å². The topological polar surface area (TPSA) is 67.4 Å². The molecule has 0 unspecified atom stereocenters.